The summed E-state index contributed by atoms with van der Waals surface area (Å²) in [6.45, 7) is 21.6. The maximum absolute atomic E-state index is 9.68. The fourth-order valence-electron chi connectivity index (χ4n) is 11.0. The molecule has 62 heavy (non-hydrogen) atoms. The van der Waals surface area contributed by atoms with Crippen molar-refractivity contribution < 1.29 is 0 Å². The molecule has 0 unspecified atom stereocenters. The predicted octanol–water partition coefficient (Wildman–Crippen LogP) is 14.9. The highest BCUT2D eigenvalue weighted by atomic mass is 15.0. The summed E-state index contributed by atoms with van der Waals surface area (Å²) < 4.78 is 9.91. The van der Waals surface area contributed by atoms with E-state index in [1.807, 2.05) is 24.3 Å². The monoisotopic (exact) mass is 796 g/mol. The molecule has 13 rings (SSSR count). The van der Waals surface area contributed by atoms with Gasteiger partial charge in [-0.1, -0.05) is 90.1 Å². The maximum atomic E-state index is 9.68. The average molecular weight is 797 g/mol. The van der Waals surface area contributed by atoms with Gasteiger partial charge in [-0.05, 0) is 84.9 Å². The zero-order chi connectivity index (χ0) is 42.1. The van der Waals surface area contributed by atoms with Gasteiger partial charge in [-0.3, -0.25) is 0 Å². The molecular weight excluding hydrogens is 757 g/mol. The summed E-state index contributed by atoms with van der Waals surface area (Å²) in [5.41, 5.74) is 15.2. The molecule has 0 aliphatic heterocycles. The average Bonchev–Trinajstić information content (AvgIpc) is 4.11. The van der Waals surface area contributed by atoms with Crippen molar-refractivity contribution in [2.24, 2.45) is 0 Å². The van der Waals surface area contributed by atoms with Crippen LogP contribution >= 0.6 is 0 Å². The Hall–Kier alpha value is -7.80. The van der Waals surface area contributed by atoms with Crippen LogP contribution in [-0.2, 0) is 10.8 Å². The standard InChI is InChI=1S/C56H40N6/c1-55(2,3)47-26-32-24-45-49(37-12-8-10-14-41(37)59(45)35-20-16-31(30-57)17-21-35)51-39-28-40-44(29-43(39)61(47)53(32)51)62-48(56(4,5)6)27-33-25-46-50(52(40)54(33)62)38-13-9-11-15-42(38)60(46)36-22-18-34(58-7)19-23-36/h8-29H,1-6H3. The Labute approximate surface area is 357 Å². The number of hydrogen-bond donors (Lipinski definition) is 0. The molecule has 0 spiro atoms. The van der Waals surface area contributed by atoms with Gasteiger partial charge in [0.2, 0.25) is 0 Å². The Morgan fingerprint density at radius 3 is 1.35 bits per heavy atom. The Bertz CT molecular complexity index is 3890. The minimum Gasteiger partial charge on any atom is -0.312 e. The van der Waals surface area contributed by atoms with Gasteiger partial charge in [-0.15, -0.1) is 0 Å². The van der Waals surface area contributed by atoms with Crippen LogP contribution in [-0.4, -0.2) is 17.9 Å². The minimum atomic E-state index is -0.132. The summed E-state index contributed by atoms with van der Waals surface area (Å²) in [5.74, 6) is 0. The van der Waals surface area contributed by atoms with Crippen molar-refractivity contribution in [2.45, 2.75) is 52.4 Å². The first-order chi connectivity index (χ1) is 29.9. The van der Waals surface area contributed by atoms with Crippen molar-refractivity contribution in [1.82, 2.24) is 17.9 Å². The minimum absolute atomic E-state index is 0.131. The third-order valence-electron chi connectivity index (χ3n) is 13.6. The van der Waals surface area contributed by atoms with Crippen LogP contribution in [0.15, 0.2) is 133 Å². The summed E-state index contributed by atoms with van der Waals surface area (Å²) >= 11 is 0. The first-order valence-corrected chi connectivity index (χ1v) is 21.4. The second-order valence-electron chi connectivity index (χ2n) is 19.3. The molecule has 0 amide bonds. The molecular formula is C56H40N6. The molecule has 6 heteroatoms. The van der Waals surface area contributed by atoms with E-state index in [0.29, 0.717) is 11.3 Å². The Morgan fingerprint density at radius 2 is 0.919 bits per heavy atom. The number of aromatic nitrogens is 4. The van der Waals surface area contributed by atoms with Gasteiger partial charge >= 0.3 is 0 Å². The molecule has 0 aliphatic rings. The highest BCUT2D eigenvalue weighted by Gasteiger charge is 2.31. The second-order valence-corrected chi connectivity index (χ2v) is 19.3. The summed E-state index contributed by atoms with van der Waals surface area (Å²) in [6.07, 6.45) is 0. The van der Waals surface area contributed by atoms with Crippen LogP contribution in [0.3, 0.4) is 0 Å². The highest BCUT2D eigenvalue weighted by Crippen LogP contribution is 2.51. The van der Waals surface area contributed by atoms with E-state index < -0.39 is 0 Å². The van der Waals surface area contributed by atoms with Crippen molar-refractivity contribution in [3.8, 4) is 17.4 Å². The van der Waals surface area contributed by atoms with Crippen LogP contribution in [0.25, 0.3) is 114 Å². The lowest BCUT2D eigenvalue weighted by Gasteiger charge is -2.19. The van der Waals surface area contributed by atoms with Gasteiger partial charge in [0.15, 0.2) is 5.69 Å². The van der Waals surface area contributed by atoms with E-state index >= 15 is 0 Å². The molecule has 6 nitrogen and oxygen atoms in total. The van der Waals surface area contributed by atoms with Crippen LogP contribution in [0.1, 0.15) is 58.5 Å². The summed E-state index contributed by atoms with van der Waals surface area (Å²) in [5, 5.41) is 22.1. The van der Waals surface area contributed by atoms with E-state index in [1.165, 1.54) is 87.3 Å². The lowest BCUT2D eigenvalue weighted by molar-refractivity contribution is 0.567. The third-order valence-corrected chi connectivity index (χ3v) is 13.6. The first-order valence-electron chi connectivity index (χ1n) is 21.4. The lowest BCUT2D eigenvalue weighted by atomic mass is 9.91. The molecule has 0 aliphatic carbocycles. The number of nitriles is 1. The van der Waals surface area contributed by atoms with Gasteiger partial charge in [0, 0.05) is 87.5 Å². The van der Waals surface area contributed by atoms with Gasteiger partial charge < -0.3 is 17.9 Å². The van der Waals surface area contributed by atoms with Gasteiger partial charge in [-0.25, -0.2) is 4.85 Å². The summed E-state index contributed by atoms with van der Waals surface area (Å²) in [7, 11) is 0. The van der Waals surface area contributed by atoms with E-state index in [9.17, 15) is 5.26 Å². The number of fused-ring (bicyclic) bond motifs is 14. The lowest BCUT2D eigenvalue weighted by Crippen LogP contribution is -2.14. The predicted molar refractivity (Wildman–Crippen MR) is 258 cm³/mol. The van der Waals surface area contributed by atoms with E-state index in [2.05, 4.69) is 180 Å². The topological polar surface area (TPSA) is 46.8 Å². The summed E-state index contributed by atoms with van der Waals surface area (Å²) in [4.78, 5) is 3.70. The largest absolute Gasteiger partial charge is 0.312 e. The number of nitrogens with zero attached hydrogens (tertiary/aromatic N) is 6. The molecule has 0 saturated carbocycles. The van der Waals surface area contributed by atoms with Crippen LogP contribution in [0, 0.1) is 17.9 Å². The number of hydrogen-bond acceptors (Lipinski definition) is 1. The van der Waals surface area contributed by atoms with Crippen LogP contribution in [0.5, 0.6) is 0 Å². The zero-order valence-corrected chi connectivity index (χ0v) is 35.4. The van der Waals surface area contributed by atoms with Crippen LogP contribution in [0.2, 0.25) is 0 Å². The van der Waals surface area contributed by atoms with E-state index in [0.717, 1.165) is 33.4 Å². The number of rotatable bonds is 2. The van der Waals surface area contributed by atoms with Crippen LogP contribution in [0.4, 0.5) is 5.69 Å². The Kier molecular flexibility index (Phi) is 6.50. The van der Waals surface area contributed by atoms with Crippen molar-refractivity contribution in [1.29, 1.82) is 5.26 Å². The van der Waals surface area contributed by atoms with Crippen molar-refractivity contribution >= 4 is 104 Å². The van der Waals surface area contributed by atoms with Crippen LogP contribution < -0.4 is 0 Å². The summed E-state index contributed by atoms with van der Waals surface area (Å²) in [6, 6.07) is 50.5. The van der Waals surface area contributed by atoms with Crippen molar-refractivity contribution in [3.05, 3.63) is 162 Å². The second kappa shape index (κ2) is 11.5. The van der Waals surface area contributed by atoms with Crippen molar-refractivity contribution in [2.75, 3.05) is 0 Å². The van der Waals surface area contributed by atoms with E-state index in [-0.39, 0.29) is 10.8 Å². The normalized spacial score (nSPS) is 13.0. The van der Waals surface area contributed by atoms with Gasteiger partial charge in [0.05, 0.1) is 62.3 Å². The molecule has 7 aromatic carbocycles. The Morgan fingerprint density at radius 1 is 0.468 bits per heavy atom. The molecule has 0 atom stereocenters. The molecule has 0 bridgehead atoms. The quantitative estimate of drug-likeness (QED) is 0.161. The van der Waals surface area contributed by atoms with Gasteiger partial charge in [0.1, 0.15) is 0 Å². The number of para-hydroxylation sites is 2. The van der Waals surface area contributed by atoms with E-state index in [4.69, 9.17) is 6.57 Å². The number of benzene rings is 7. The highest BCUT2D eigenvalue weighted by molar-refractivity contribution is 6.37. The molecule has 0 fully saturated rings. The van der Waals surface area contributed by atoms with Crippen molar-refractivity contribution in [3.63, 3.8) is 0 Å². The van der Waals surface area contributed by atoms with Gasteiger partial charge in [-0.2, -0.15) is 5.26 Å². The smallest absolute Gasteiger partial charge is 0.187 e. The molecule has 0 radical (unpaired) electrons. The van der Waals surface area contributed by atoms with Gasteiger partial charge in [0.25, 0.3) is 0 Å². The molecule has 6 aromatic heterocycles. The maximum Gasteiger partial charge on any atom is 0.187 e. The first kappa shape index (κ1) is 35.0. The zero-order valence-electron chi connectivity index (χ0n) is 35.4. The molecule has 0 N–H and O–H groups in total. The fourth-order valence-corrected chi connectivity index (χ4v) is 11.0. The molecule has 13 aromatic rings. The SMILES string of the molecule is [C-]#[N+]c1ccc(-n2c3ccccc3c3c4c5cc6c7c8c9ccccc9n(-c9ccc(C#N)cc9)c8cc8cc(C(C)(C)C)n(c6cc5n5c(C(C)(C)C)cc(cc32)c45)c87)cc1. The molecule has 294 valence electrons. The van der Waals surface area contributed by atoms with E-state index in [1.54, 1.807) is 0 Å². The molecule has 6 heterocycles. The Balaban J connectivity index is 1.27. The fraction of sp³-hybridized carbons (Fsp3) is 0.143. The third kappa shape index (κ3) is 4.31. The molecule has 0 saturated heterocycles.